The molecule has 0 unspecified atom stereocenters. The third-order valence-corrected chi connectivity index (χ3v) is 3.13. The highest BCUT2D eigenvalue weighted by Gasteiger charge is 2.01. The quantitative estimate of drug-likeness (QED) is 0.662. The Labute approximate surface area is 107 Å². The number of hydrogen-bond acceptors (Lipinski definition) is 0. The summed E-state index contributed by atoms with van der Waals surface area (Å²) in [6.07, 6.45) is 0. The van der Waals surface area contributed by atoms with Crippen molar-refractivity contribution in [2.75, 3.05) is 0 Å². The van der Waals surface area contributed by atoms with E-state index < -0.39 is 0 Å². The van der Waals surface area contributed by atoms with Crippen molar-refractivity contribution in [1.29, 1.82) is 0 Å². The number of nitrogens with one attached hydrogen (secondary N) is 1. The largest absolute Gasteiger partial charge is 0.359 e. The van der Waals surface area contributed by atoms with Gasteiger partial charge in [0.2, 0.25) is 0 Å². The lowest BCUT2D eigenvalue weighted by Gasteiger charge is -2.03. The second-order valence-corrected chi connectivity index (χ2v) is 4.50. The van der Waals surface area contributed by atoms with E-state index in [1.54, 1.807) is 0 Å². The maximum absolute atomic E-state index is 3.35. The van der Waals surface area contributed by atoms with Crippen molar-refractivity contribution >= 4 is 0 Å². The SMILES string of the molecule is Cc1ccc(-c2ccc(-c3ccccc3)cc2)[nH]1. The molecule has 0 saturated heterocycles. The first kappa shape index (κ1) is 10.8. The molecule has 1 aromatic heterocycles. The average Bonchev–Trinajstić information content (AvgIpc) is 2.87. The summed E-state index contributed by atoms with van der Waals surface area (Å²) in [4.78, 5) is 3.35. The maximum Gasteiger partial charge on any atom is 0.0455 e. The Morgan fingerprint density at radius 2 is 1.22 bits per heavy atom. The second-order valence-electron chi connectivity index (χ2n) is 4.50. The molecule has 1 nitrogen and oxygen atoms in total. The molecule has 3 rings (SSSR count). The van der Waals surface area contributed by atoms with Gasteiger partial charge in [0, 0.05) is 11.4 Å². The van der Waals surface area contributed by atoms with Gasteiger partial charge in [0.15, 0.2) is 0 Å². The highest BCUT2D eigenvalue weighted by Crippen LogP contribution is 2.24. The Bertz CT molecular complexity index is 633. The molecule has 0 atom stereocenters. The normalized spacial score (nSPS) is 10.5. The molecule has 1 N–H and O–H groups in total. The van der Waals surface area contributed by atoms with Crippen LogP contribution in [-0.2, 0) is 0 Å². The Balaban J connectivity index is 1.94. The van der Waals surface area contributed by atoms with Crippen LogP contribution in [0, 0.1) is 6.92 Å². The lowest BCUT2D eigenvalue weighted by Crippen LogP contribution is -1.80. The van der Waals surface area contributed by atoms with Crippen LogP contribution in [0.5, 0.6) is 0 Å². The number of benzene rings is 2. The van der Waals surface area contributed by atoms with Gasteiger partial charge in [-0.1, -0.05) is 54.6 Å². The first-order chi connectivity index (χ1) is 8.83. The van der Waals surface area contributed by atoms with Crippen molar-refractivity contribution < 1.29 is 0 Å². The predicted octanol–water partition coefficient (Wildman–Crippen LogP) is 4.66. The highest BCUT2D eigenvalue weighted by molar-refractivity contribution is 5.68. The average molecular weight is 233 g/mol. The highest BCUT2D eigenvalue weighted by atomic mass is 14.7. The summed E-state index contributed by atoms with van der Waals surface area (Å²) in [6, 6.07) is 23.3. The lowest BCUT2D eigenvalue weighted by atomic mass is 10.0. The first-order valence-electron chi connectivity index (χ1n) is 6.14. The molecule has 1 heteroatoms. The van der Waals surface area contributed by atoms with Gasteiger partial charge in [-0.2, -0.15) is 0 Å². The van der Waals surface area contributed by atoms with E-state index in [9.17, 15) is 0 Å². The van der Waals surface area contributed by atoms with Crippen LogP contribution in [0.3, 0.4) is 0 Å². The number of aryl methyl sites for hydroxylation is 1. The molecular formula is C17H15N. The van der Waals surface area contributed by atoms with Gasteiger partial charge in [-0.25, -0.2) is 0 Å². The molecule has 0 amide bonds. The number of rotatable bonds is 2. The molecule has 0 saturated carbocycles. The number of aromatic amines is 1. The summed E-state index contributed by atoms with van der Waals surface area (Å²) in [6.45, 7) is 2.07. The van der Waals surface area contributed by atoms with Crippen LogP contribution < -0.4 is 0 Å². The zero-order chi connectivity index (χ0) is 12.4. The van der Waals surface area contributed by atoms with Crippen molar-refractivity contribution in [3.8, 4) is 22.4 Å². The van der Waals surface area contributed by atoms with Crippen LogP contribution in [0.25, 0.3) is 22.4 Å². The molecule has 0 radical (unpaired) electrons. The number of hydrogen-bond donors (Lipinski definition) is 1. The van der Waals surface area contributed by atoms with Crippen molar-refractivity contribution in [3.63, 3.8) is 0 Å². The Morgan fingerprint density at radius 1 is 0.611 bits per heavy atom. The van der Waals surface area contributed by atoms with E-state index in [1.165, 1.54) is 28.1 Å². The molecule has 1 heterocycles. The standard InChI is InChI=1S/C17H15N/c1-13-7-12-17(18-13)16-10-8-15(9-11-16)14-5-3-2-4-6-14/h2-12,18H,1H3. The van der Waals surface area contributed by atoms with E-state index in [1.807, 2.05) is 6.07 Å². The van der Waals surface area contributed by atoms with E-state index in [2.05, 4.69) is 72.6 Å². The van der Waals surface area contributed by atoms with Crippen LogP contribution in [0.15, 0.2) is 66.7 Å². The van der Waals surface area contributed by atoms with E-state index in [0.29, 0.717) is 0 Å². The summed E-state index contributed by atoms with van der Waals surface area (Å²) in [5, 5.41) is 0. The Kier molecular flexibility index (Phi) is 2.73. The fourth-order valence-electron chi connectivity index (χ4n) is 2.15. The molecule has 0 bridgehead atoms. The summed E-state index contributed by atoms with van der Waals surface area (Å²) < 4.78 is 0. The van der Waals surface area contributed by atoms with Crippen LogP contribution >= 0.6 is 0 Å². The minimum Gasteiger partial charge on any atom is -0.359 e. The molecule has 0 fully saturated rings. The summed E-state index contributed by atoms with van der Waals surface area (Å²) in [5.41, 5.74) is 6.10. The molecule has 0 aliphatic rings. The molecule has 3 aromatic rings. The third-order valence-electron chi connectivity index (χ3n) is 3.13. The van der Waals surface area contributed by atoms with E-state index in [0.717, 1.165) is 0 Å². The van der Waals surface area contributed by atoms with Gasteiger partial charge >= 0.3 is 0 Å². The molecule has 0 aliphatic heterocycles. The van der Waals surface area contributed by atoms with Crippen LogP contribution in [0.1, 0.15) is 5.69 Å². The molecule has 2 aromatic carbocycles. The summed E-state index contributed by atoms with van der Waals surface area (Å²) in [5.74, 6) is 0. The first-order valence-corrected chi connectivity index (χ1v) is 6.14. The molecule has 0 spiro atoms. The van der Waals surface area contributed by atoms with Gasteiger partial charge in [0.25, 0.3) is 0 Å². The van der Waals surface area contributed by atoms with Gasteiger partial charge in [-0.15, -0.1) is 0 Å². The minimum atomic E-state index is 1.17. The van der Waals surface area contributed by atoms with Crippen molar-refractivity contribution in [1.82, 2.24) is 4.98 Å². The van der Waals surface area contributed by atoms with Crippen molar-refractivity contribution in [2.24, 2.45) is 0 Å². The Hall–Kier alpha value is -2.28. The van der Waals surface area contributed by atoms with Gasteiger partial charge in [-0.3, -0.25) is 0 Å². The van der Waals surface area contributed by atoms with E-state index in [4.69, 9.17) is 0 Å². The van der Waals surface area contributed by atoms with Gasteiger partial charge in [-0.05, 0) is 35.7 Å². The zero-order valence-electron chi connectivity index (χ0n) is 10.4. The van der Waals surface area contributed by atoms with Crippen molar-refractivity contribution in [2.45, 2.75) is 6.92 Å². The fourth-order valence-corrected chi connectivity index (χ4v) is 2.15. The van der Waals surface area contributed by atoms with Crippen molar-refractivity contribution in [3.05, 3.63) is 72.4 Å². The zero-order valence-corrected chi connectivity index (χ0v) is 10.4. The fraction of sp³-hybridized carbons (Fsp3) is 0.0588. The maximum atomic E-state index is 3.35. The molecular weight excluding hydrogens is 218 g/mol. The van der Waals surface area contributed by atoms with E-state index in [-0.39, 0.29) is 0 Å². The number of H-pyrrole nitrogens is 1. The Morgan fingerprint density at radius 3 is 1.83 bits per heavy atom. The molecule has 0 aliphatic carbocycles. The summed E-state index contributed by atoms with van der Waals surface area (Å²) >= 11 is 0. The topological polar surface area (TPSA) is 15.8 Å². The van der Waals surface area contributed by atoms with Gasteiger partial charge in [0.1, 0.15) is 0 Å². The van der Waals surface area contributed by atoms with Gasteiger partial charge in [0.05, 0.1) is 0 Å². The summed E-state index contributed by atoms with van der Waals surface area (Å²) in [7, 11) is 0. The monoisotopic (exact) mass is 233 g/mol. The smallest absolute Gasteiger partial charge is 0.0455 e. The van der Waals surface area contributed by atoms with E-state index >= 15 is 0 Å². The third kappa shape index (κ3) is 2.07. The van der Waals surface area contributed by atoms with Gasteiger partial charge < -0.3 is 4.98 Å². The van der Waals surface area contributed by atoms with Crippen LogP contribution in [0.4, 0.5) is 0 Å². The molecule has 88 valence electrons. The lowest BCUT2D eigenvalue weighted by molar-refractivity contribution is 1.27. The minimum absolute atomic E-state index is 1.17. The number of aromatic nitrogens is 1. The second kappa shape index (κ2) is 4.53. The van der Waals surface area contributed by atoms with Crippen LogP contribution in [-0.4, -0.2) is 4.98 Å². The van der Waals surface area contributed by atoms with Crippen LogP contribution in [0.2, 0.25) is 0 Å². The predicted molar refractivity (Wildman–Crippen MR) is 76.4 cm³/mol. The molecule has 18 heavy (non-hydrogen) atoms.